The van der Waals surface area contributed by atoms with Crippen LogP contribution in [0, 0.1) is 0 Å². The standard InChI is InChI=1S/C20H18N6O3/c1-2-29-20(28)26-18-22-9-13-7-12(14-10-23-19(27)24-11-14)8-15(17(13)25-18)16-5-3-4-6-21-16/h3-8,10-11H,2,9H2,1H3,(H,23,24,27)(H2,22,25,26,28). The Bertz CT molecular complexity index is 1120. The lowest BCUT2D eigenvalue weighted by Gasteiger charge is -2.22. The van der Waals surface area contributed by atoms with E-state index in [-0.39, 0.29) is 6.61 Å². The second-order valence-electron chi connectivity index (χ2n) is 6.22. The fourth-order valence-electron chi connectivity index (χ4n) is 3.02. The van der Waals surface area contributed by atoms with Gasteiger partial charge in [0.1, 0.15) is 0 Å². The van der Waals surface area contributed by atoms with Crippen LogP contribution in [0.25, 0.3) is 22.4 Å². The van der Waals surface area contributed by atoms with Crippen LogP contribution >= 0.6 is 0 Å². The molecule has 2 aromatic heterocycles. The number of ether oxygens (including phenoxy) is 1. The highest BCUT2D eigenvalue weighted by Gasteiger charge is 2.20. The SMILES string of the molecule is CCOC(=O)NC1=NCc2cc(-c3cnc(=O)[nH]c3)cc(-c3ccccn3)c2N1. The maximum absolute atomic E-state index is 11.7. The minimum absolute atomic E-state index is 0.269. The Hall–Kier alpha value is -4.01. The minimum atomic E-state index is -0.572. The minimum Gasteiger partial charge on any atom is -0.450 e. The maximum Gasteiger partial charge on any atom is 0.413 e. The largest absolute Gasteiger partial charge is 0.450 e. The summed E-state index contributed by atoms with van der Waals surface area (Å²) in [7, 11) is 0. The quantitative estimate of drug-likeness (QED) is 0.632. The number of carbonyl (C=O) groups excluding carboxylic acids is 1. The van der Waals surface area contributed by atoms with Gasteiger partial charge in [0.25, 0.3) is 0 Å². The summed E-state index contributed by atoms with van der Waals surface area (Å²) in [6.45, 7) is 2.36. The monoisotopic (exact) mass is 390 g/mol. The molecule has 0 aliphatic carbocycles. The van der Waals surface area contributed by atoms with E-state index in [1.165, 1.54) is 6.20 Å². The summed E-state index contributed by atoms with van der Waals surface area (Å²) >= 11 is 0. The molecule has 0 fully saturated rings. The van der Waals surface area contributed by atoms with E-state index in [1.807, 2.05) is 30.3 Å². The number of aromatic nitrogens is 3. The van der Waals surface area contributed by atoms with Crippen molar-refractivity contribution in [1.29, 1.82) is 0 Å². The van der Waals surface area contributed by atoms with Gasteiger partial charge in [0.2, 0.25) is 5.96 Å². The highest BCUT2D eigenvalue weighted by atomic mass is 16.5. The Morgan fingerprint density at radius 3 is 2.86 bits per heavy atom. The first-order chi connectivity index (χ1) is 14.1. The van der Waals surface area contributed by atoms with Crippen molar-refractivity contribution >= 4 is 17.7 Å². The third-order valence-electron chi connectivity index (χ3n) is 4.31. The van der Waals surface area contributed by atoms with Crippen LogP contribution < -0.4 is 16.3 Å². The molecule has 146 valence electrons. The molecule has 0 atom stereocenters. The first kappa shape index (κ1) is 18.4. The van der Waals surface area contributed by atoms with Gasteiger partial charge in [-0.2, -0.15) is 0 Å². The van der Waals surface area contributed by atoms with E-state index >= 15 is 0 Å². The number of hydrogen-bond acceptors (Lipinski definition) is 7. The van der Waals surface area contributed by atoms with Gasteiger partial charge < -0.3 is 15.0 Å². The van der Waals surface area contributed by atoms with Gasteiger partial charge in [0.15, 0.2) is 0 Å². The smallest absolute Gasteiger partial charge is 0.413 e. The number of aromatic amines is 1. The predicted octanol–water partition coefficient (Wildman–Crippen LogP) is 2.53. The van der Waals surface area contributed by atoms with Gasteiger partial charge in [-0.1, -0.05) is 6.07 Å². The molecule has 9 nitrogen and oxygen atoms in total. The van der Waals surface area contributed by atoms with E-state index in [2.05, 4.69) is 30.6 Å². The molecule has 3 heterocycles. The van der Waals surface area contributed by atoms with Crippen molar-refractivity contribution in [2.75, 3.05) is 11.9 Å². The molecule has 4 rings (SSSR count). The van der Waals surface area contributed by atoms with E-state index < -0.39 is 11.8 Å². The van der Waals surface area contributed by atoms with Gasteiger partial charge in [-0.3, -0.25) is 10.3 Å². The van der Waals surface area contributed by atoms with Crippen LogP contribution in [-0.2, 0) is 11.3 Å². The Morgan fingerprint density at radius 2 is 2.14 bits per heavy atom. The molecular weight excluding hydrogens is 372 g/mol. The highest BCUT2D eigenvalue weighted by Crippen LogP contribution is 2.36. The summed E-state index contributed by atoms with van der Waals surface area (Å²) in [6, 6.07) is 9.56. The molecule has 1 aromatic carbocycles. The van der Waals surface area contributed by atoms with Crippen molar-refractivity contribution in [3.8, 4) is 22.4 Å². The molecule has 0 bridgehead atoms. The van der Waals surface area contributed by atoms with E-state index in [0.29, 0.717) is 12.5 Å². The van der Waals surface area contributed by atoms with Crippen LogP contribution in [-0.4, -0.2) is 33.6 Å². The number of anilines is 1. The average molecular weight is 390 g/mol. The van der Waals surface area contributed by atoms with Gasteiger partial charge in [-0.15, -0.1) is 0 Å². The zero-order chi connectivity index (χ0) is 20.2. The Labute approximate surface area is 165 Å². The number of benzene rings is 1. The maximum atomic E-state index is 11.7. The third-order valence-corrected chi connectivity index (χ3v) is 4.31. The zero-order valence-electron chi connectivity index (χ0n) is 15.6. The van der Waals surface area contributed by atoms with Crippen LogP contribution in [0.1, 0.15) is 12.5 Å². The average Bonchev–Trinajstić information content (AvgIpc) is 2.74. The number of aliphatic imine (C=N–C) groups is 1. The Kier molecular flexibility index (Phi) is 5.02. The molecular formula is C20H18N6O3. The summed E-state index contributed by atoms with van der Waals surface area (Å²) in [5.41, 5.74) is 4.54. The second-order valence-corrected chi connectivity index (χ2v) is 6.22. The van der Waals surface area contributed by atoms with Crippen LogP contribution in [0.3, 0.4) is 0 Å². The normalized spacial score (nSPS) is 12.4. The number of fused-ring (bicyclic) bond motifs is 1. The van der Waals surface area contributed by atoms with Crippen molar-refractivity contribution in [1.82, 2.24) is 20.3 Å². The number of H-pyrrole nitrogens is 1. The van der Waals surface area contributed by atoms with Gasteiger partial charge in [0.05, 0.1) is 24.5 Å². The lowest BCUT2D eigenvalue weighted by atomic mass is 9.96. The van der Waals surface area contributed by atoms with E-state index in [0.717, 1.165) is 33.6 Å². The van der Waals surface area contributed by atoms with Crippen molar-refractivity contribution in [3.05, 3.63) is 65.0 Å². The predicted molar refractivity (Wildman–Crippen MR) is 108 cm³/mol. The molecule has 9 heteroatoms. The number of rotatable bonds is 3. The molecule has 0 radical (unpaired) electrons. The van der Waals surface area contributed by atoms with Crippen molar-refractivity contribution in [2.45, 2.75) is 13.5 Å². The fourth-order valence-corrected chi connectivity index (χ4v) is 3.02. The van der Waals surface area contributed by atoms with E-state index in [1.54, 1.807) is 19.3 Å². The Balaban J connectivity index is 1.77. The fraction of sp³-hybridized carbons (Fsp3) is 0.150. The number of alkyl carbamates (subject to hydrolysis) is 1. The molecule has 1 aliphatic heterocycles. The number of pyridine rings is 1. The highest BCUT2D eigenvalue weighted by molar-refractivity contribution is 6.06. The topological polar surface area (TPSA) is 121 Å². The van der Waals surface area contributed by atoms with Crippen molar-refractivity contribution in [2.24, 2.45) is 4.99 Å². The number of carbonyl (C=O) groups is 1. The van der Waals surface area contributed by atoms with Crippen molar-refractivity contribution in [3.63, 3.8) is 0 Å². The number of nitrogens with one attached hydrogen (secondary N) is 3. The molecule has 3 N–H and O–H groups in total. The molecule has 29 heavy (non-hydrogen) atoms. The first-order valence-corrected chi connectivity index (χ1v) is 9.02. The van der Waals surface area contributed by atoms with Crippen LogP contribution in [0.15, 0.2) is 58.7 Å². The zero-order valence-corrected chi connectivity index (χ0v) is 15.6. The van der Waals surface area contributed by atoms with E-state index in [4.69, 9.17) is 4.74 Å². The van der Waals surface area contributed by atoms with Crippen LogP contribution in [0.2, 0.25) is 0 Å². The number of nitrogens with zero attached hydrogens (tertiary/aromatic N) is 3. The van der Waals surface area contributed by atoms with Crippen LogP contribution in [0.5, 0.6) is 0 Å². The molecule has 0 spiro atoms. The van der Waals surface area contributed by atoms with Gasteiger partial charge in [-0.05, 0) is 42.3 Å². The summed E-state index contributed by atoms with van der Waals surface area (Å²) in [6.07, 6.45) is 4.28. The van der Waals surface area contributed by atoms with Crippen molar-refractivity contribution < 1.29 is 9.53 Å². The number of guanidine groups is 1. The van der Waals surface area contributed by atoms with Gasteiger partial charge >= 0.3 is 11.8 Å². The van der Waals surface area contributed by atoms with Gasteiger partial charge in [-0.25, -0.2) is 19.6 Å². The number of hydrogen-bond donors (Lipinski definition) is 3. The summed E-state index contributed by atoms with van der Waals surface area (Å²) in [5, 5.41) is 5.77. The molecule has 1 amide bonds. The Morgan fingerprint density at radius 1 is 1.24 bits per heavy atom. The summed E-state index contributed by atoms with van der Waals surface area (Å²) < 4.78 is 4.91. The third kappa shape index (κ3) is 3.98. The summed E-state index contributed by atoms with van der Waals surface area (Å²) in [5.74, 6) is 0.312. The molecule has 0 saturated heterocycles. The molecule has 0 saturated carbocycles. The lowest BCUT2D eigenvalue weighted by molar-refractivity contribution is 0.158. The van der Waals surface area contributed by atoms with Gasteiger partial charge in [0, 0.05) is 29.7 Å². The van der Waals surface area contributed by atoms with E-state index in [9.17, 15) is 9.59 Å². The second kappa shape index (κ2) is 7.93. The first-order valence-electron chi connectivity index (χ1n) is 9.02. The molecule has 0 unspecified atom stereocenters. The molecule has 1 aliphatic rings. The van der Waals surface area contributed by atoms with Crippen LogP contribution in [0.4, 0.5) is 10.5 Å². The lowest BCUT2D eigenvalue weighted by Crippen LogP contribution is -2.38. The summed E-state index contributed by atoms with van der Waals surface area (Å²) in [4.78, 5) is 38.3. The number of amides is 1. The molecule has 3 aromatic rings.